The topological polar surface area (TPSA) is 92.5 Å². The van der Waals surface area contributed by atoms with E-state index in [2.05, 4.69) is 5.32 Å². The standard InChI is InChI=1S/C13H14ClN3O3/c1-13(2)12(20)16-10(18)6-17(13)11(19)7-3-4-9(15)8(14)5-7/h3-5H,6,15H2,1-2H3,(H,16,18,20). The molecule has 0 spiro atoms. The van der Waals surface area contributed by atoms with Gasteiger partial charge in [-0.1, -0.05) is 11.6 Å². The molecule has 3 N–H and O–H groups in total. The van der Waals surface area contributed by atoms with Crippen LogP contribution < -0.4 is 11.1 Å². The van der Waals surface area contributed by atoms with Gasteiger partial charge in [-0.15, -0.1) is 0 Å². The molecule has 0 unspecified atom stereocenters. The highest BCUT2D eigenvalue weighted by atomic mass is 35.5. The summed E-state index contributed by atoms with van der Waals surface area (Å²) in [6.07, 6.45) is 0. The highest BCUT2D eigenvalue weighted by Gasteiger charge is 2.43. The fourth-order valence-corrected chi connectivity index (χ4v) is 2.11. The summed E-state index contributed by atoms with van der Waals surface area (Å²) in [5, 5.41) is 2.46. The van der Waals surface area contributed by atoms with Gasteiger partial charge in [0.2, 0.25) is 5.91 Å². The lowest BCUT2D eigenvalue weighted by Crippen LogP contribution is -2.65. The second kappa shape index (κ2) is 4.79. The summed E-state index contributed by atoms with van der Waals surface area (Å²) in [5.74, 6) is -1.46. The van der Waals surface area contributed by atoms with Crippen LogP contribution in [0.1, 0.15) is 24.2 Å². The zero-order chi connectivity index (χ0) is 15.1. The Bertz CT molecular complexity index is 613. The summed E-state index contributed by atoms with van der Waals surface area (Å²) in [6, 6.07) is 4.44. The smallest absolute Gasteiger partial charge is 0.255 e. The molecule has 106 valence electrons. The van der Waals surface area contributed by atoms with Crippen LogP contribution in [-0.2, 0) is 9.59 Å². The first-order valence-electron chi connectivity index (χ1n) is 5.95. The highest BCUT2D eigenvalue weighted by molar-refractivity contribution is 6.33. The van der Waals surface area contributed by atoms with Gasteiger partial charge < -0.3 is 10.6 Å². The van der Waals surface area contributed by atoms with Crippen molar-refractivity contribution < 1.29 is 14.4 Å². The van der Waals surface area contributed by atoms with Crippen molar-refractivity contribution in [3.63, 3.8) is 0 Å². The van der Waals surface area contributed by atoms with Crippen molar-refractivity contribution >= 4 is 35.0 Å². The predicted molar refractivity (Wildman–Crippen MR) is 74.1 cm³/mol. The Morgan fingerprint density at radius 3 is 2.65 bits per heavy atom. The van der Waals surface area contributed by atoms with E-state index in [-0.39, 0.29) is 17.1 Å². The number of amides is 3. The maximum absolute atomic E-state index is 12.5. The summed E-state index contributed by atoms with van der Waals surface area (Å²) >= 11 is 5.88. The molecule has 0 bridgehead atoms. The van der Waals surface area contributed by atoms with Crippen molar-refractivity contribution in [2.45, 2.75) is 19.4 Å². The molecule has 0 atom stereocenters. The van der Waals surface area contributed by atoms with Crippen molar-refractivity contribution in [3.05, 3.63) is 28.8 Å². The number of rotatable bonds is 1. The molecule has 1 heterocycles. The monoisotopic (exact) mass is 295 g/mol. The molecule has 1 fully saturated rings. The lowest BCUT2D eigenvalue weighted by Gasteiger charge is -2.40. The third-order valence-corrected chi connectivity index (χ3v) is 3.61. The van der Waals surface area contributed by atoms with Crippen LogP contribution in [0.4, 0.5) is 5.69 Å². The van der Waals surface area contributed by atoms with Gasteiger partial charge in [-0.3, -0.25) is 19.7 Å². The maximum Gasteiger partial charge on any atom is 0.255 e. The minimum absolute atomic E-state index is 0.181. The molecule has 0 aromatic heterocycles. The Morgan fingerprint density at radius 2 is 2.05 bits per heavy atom. The summed E-state index contributed by atoms with van der Waals surface area (Å²) in [4.78, 5) is 37.0. The lowest BCUT2D eigenvalue weighted by atomic mass is 9.97. The van der Waals surface area contributed by atoms with Crippen LogP contribution in [-0.4, -0.2) is 34.7 Å². The van der Waals surface area contributed by atoms with Gasteiger partial charge in [-0.2, -0.15) is 0 Å². The van der Waals surface area contributed by atoms with Crippen LogP contribution in [0.5, 0.6) is 0 Å². The average molecular weight is 296 g/mol. The molecule has 7 heteroatoms. The van der Waals surface area contributed by atoms with E-state index in [1.165, 1.54) is 23.1 Å². The molecule has 1 aromatic carbocycles. The zero-order valence-corrected chi connectivity index (χ0v) is 11.8. The molecule has 1 aliphatic rings. The van der Waals surface area contributed by atoms with Gasteiger partial charge in [0.05, 0.1) is 10.7 Å². The van der Waals surface area contributed by atoms with Crippen LogP contribution in [0.2, 0.25) is 5.02 Å². The second-order valence-electron chi connectivity index (χ2n) is 5.06. The largest absolute Gasteiger partial charge is 0.398 e. The van der Waals surface area contributed by atoms with Gasteiger partial charge in [0.15, 0.2) is 0 Å². The molecule has 0 saturated carbocycles. The Labute approximate surface area is 120 Å². The number of nitrogens with zero attached hydrogens (tertiary/aromatic N) is 1. The molecule has 2 rings (SSSR count). The minimum Gasteiger partial charge on any atom is -0.398 e. The van der Waals surface area contributed by atoms with Crippen molar-refractivity contribution in [2.75, 3.05) is 12.3 Å². The number of imide groups is 1. The van der Waals surface area contributed by atoms with Crippen LogP contribution in [0.15, 0.2) is 18.2 Å². The second-order valence-corrected chi connectivity index (χ2v) is 5.47. The van der Waals surface area contributed by atoms with Crippen molar-refractivity contribution in [1.29, 1.82) is 0 Å². The maximum atomic E-state index is 12.5. The SMILES string of the molecule is CC1(C)C(=O)NC(=O)CN1C(=O)c1ccc(N)c(Cl)c1. The van der Waals surface area contributed by atoms with Crippen molar-refractivity contribution in [1.82, 2.24) is 10.2 Å². The van der Waals surface area contributed by atoms with Gasteiger partial charge in [0, 0.05) is 5.56 Å². The number of piperazine rings is 1. The molecule has 0 radical (unpaired) electrons. The molecule has 6 nitrogen and oxygen atoms in total. The molecular weight excluding hydrogens is 282 g/mol. The molecule has 1 saturated heterocycles. The van der Waals surface area contributed by atoms with E-state index in [0.29, 0.717) is 5.69 Å². The Balaban J connectivity index is 2.38. The van der Waals surface area contributed by atoms with Gasteiger partial charge in [0.1, 0.15) is 12.1 Å². The number of nitrogens with one attached hydrogen (secondary N) is 1. The third-order valence-electron chi connectivity index (χ3n) is 3.28. The summed E-state index contributed by atoms with van der Waals surface area (Å²) in [7, 11) is 0. The third kappa shape index (κ3) is 2.34. The first-order valence-corrected chi connectivity index (χ1v) is 6.32. The number of hydrogen-bond donors (Lipinski definition) is 2. The van der Waals surface area contributed by atoms with E-state index in [1.807, 2.05) is 0 Å². The quantitative estimate of drug-likeness (QED) is 0.592. The van der Waals surface area contributed by atoms with Crippen molar-refractivity contribution in [2.24, 2.45) is 0 Å². The molecule has 20 heavy (non-hydrogen) atoms. The fraction of sp³-hybridized carbons (Fsp3) is 0.308. The molecule has 1 aromatic rings. The summed E-state index contributed by atoms with van der Waals surface area (Å²) in [5.41, 5.74) is 5.11. The van der Waals surface area contributed by atoms with Gasteiger partial charge >= 0.3 is 0 Å². The average Bonchev–Trinajstić information content (AvgIpc) is 2.36. The number of carbonyl (C=O) groups excluding carboxylic acids is 3. The lowest BCUT2D eigenvalue weighted by molar-refractivity contribution is -0.143. The zero-order valence-electron chi connectivity index (χ0n) is 11.1. The highest BCUT2D eigenvalue weighted by Crippen LogP contribution is 2.24. The first kappa shape index (κ1) is 14.3. The van der Waals surface area contributed by atoms with Crippen LogP contribution in [0, 0.1) is 0 Å². The number of anilines is 1. The molecule has 1 aliphatic heterocycles. The summed E-state index contributed by atoms with van der Waals surface area (Å²) < 4.78 is 0. The van der Waals surface area contributed by atoms with Gasteiger partial charge in [-0.25, -0.2) is 0 Å². The van der Waals surface area contributed by atoms with E-state index in [1.54, 1.807) is 13.8 Å². The molecule has 3 amide bonds. The Kier molecular flexibility index (Phi) is 3.43. The number of halogens is 1. The first-order chi connectivity index (χ1) is 9.23. The Hall–Kier alpha value is -2.08. The van der Waals surface area contributed by atoms with E-state index in [9.17, 15) is 14.4 Å². The van der Waals surface area contributed by atoms with E-state index >= 15 is 0 Å². The van der Waals surface area contributed by atoms with E-state index < -0.39 is 23.3 Å². The van der Waals surface area contributed by atoms with Crippen LogP contribution in [0.25, 0.3) is 0 Å². The number of nitrogen functional groups attached to an aromatic ring is 1. The van der Waals surface area contributed by atoms with Gasteiger partial charge in [0.25, 0.3) is 11.8 Å². The van der Waals surface area contributed by atoms with Gasteiger partial charge in [-0.05, 0) is 32.0 Å². The minimum atomic E-state index is -1.11. The normalized spacial score (nSPS) is 17.9. The van der Waals surface area contributed by atoms with E-state index in [0.717, 1.165) is 0 Å². The van der Waals surface area contributed by atoms with E-state index in [4.69, 9.17) is 17.3 Å². The number of hydrogen-bond acceptors (Lipinski definition) is 4. The summed E-state index contributed by atoms with van der Waals surface area (Å²) in [6.45, 7) is 2.97. The predicted octanol–water partition coefficient (Wildman–Crippen LogP) is 0.799. The Morgan fingerprint density at radius 1 is 1.40 bits per heavy atom. The van der Waals surface area contributed by atoms with Crippen molar-refractivity contribution in [3.8, 4) is 0 Å². The fourth-order valence-electron chi connectivity index (χ4n) is 1.92. The number of nitrogens with two attached hydrogens (primary N) is 1. The van der Waals surface area contributed by atoms with Crippen LogP contribution in [0.3, 0.4) is 0 Å². The number of carbonyl (C=O) groups is 3. The van der Waals surface area contributed by atoms with Crippen LogP contribution >= 0.6 is 11.6 Å². The number of benzene rings is 1. The molecule has 0 aliphatic carbocycles. The molecular formula is C13H14ClN3O3.